The van der Waals surface area contributed by atoms with Crippen LogP contribution in [0.4, 0.5) is 4.39 Å². The van der Waals surface area contributed by atoms with Gasteiger partial charge in [-0.15, -0.1) is 0 Å². The van der Waals surface area contributed by atoms with Crippen molar-refractivity contribution >= 4 is 29.2 Å². The lowest BCUT2D eigenvalue weighted by Gasteiger charge is -2.19. The Bertz CT molecular complexity index is 847. The fraction of sp³-hybridized carbons (Fsp3) is 0.111. The van der Waals surface area contributed by atoms with Crippen molar-refractivity contribution in [1.29, 1.82) is 0 Å². The molecule has 3 rings (SSSR count). The maximum absolute atomic E-state index is 13.2. The van der Waals surface area contributed by atoms with Crippen LogP contribution in [0.1, 0.15) is 22.0 Å². The number of rotatable bonds is 5. The second-order valence-corrected chi connectivity index (χ2v) is 6.24. The normalized spacial score (nSPS) is 12.0. The van der Waals surface area contributed by atoms with Gasteiger partial charge < -0.3 is 9.30 Å². The molecule has 0 aliphatic rings. The summed E-state index contributed by atoms with van der Waals surface area (Å²) in [5, 5.41) is 0.680. The summed E-state index contributed by atoms with van der Waals surface area (Å²) in [5.41, 5.74) is 0.909. The number of halogens is 3. The van der Waals surface area contributed by atoms with Crippen molar-refractivity contribution in [3.8, 4) is 0 Å². The topological polar surface area (TPSA) is 44.1 Å². The van der Waals surface area contributed by atoms with Crippen molar-refractivity contribution in [2.75, 3.05) is 0 Å². The molecule has 0 unspecified atom stereocenters. The van der Waals surface area contributed by atoms with E-state index >= 15 is 0 Å². The molecule has 1 atom stereocenters. The average Bonchev–Trinajstić information content (AvgIpc) is 3.07. The second kappa shape index (κ2) is 7.68. The summed E-state index contributed by atoms with van der Waals surface area (Å²) in [4.78, 5) is 16.5. The second-order valence-electron chi connectivity index (χ2n) is 5.36. The van der Waals surface area contributed by atoms with Crippen LogP contribution in [0.3, 0.4) is 0 Å². The van der Waals surface area contributed by atoms with Gasteiger partial charge >= 0.3 is 5.97 Å². The number of hydrogen-bond donors (Lipinski definition) is 0. The van der Waals surface area contributed by atoms with Gasteiger partial charge in [-0.2, -0.15) is 0 Å². The van der Waals surface area contributed by atoms with E-state index in [1.165, 1.54) is 30.3 Å². The molecule has 4 nitrogen and oxygen atoms in total. The molecular formula is C18H13Cl2FN2O2. The number of aromatic nitrogens is 2. The van der Waals surface area contributed by atoms with Crippen LogP contribution in [0.25, 0.3) is 0 Å². The van der Waals surface area contributed by atoms with E-state index < -0.39 is 12.1 Å². The highest BCUT2D eigenvalue weighted by molar-refractivity contribution is 6.35. The van der Waals surface area contributed by atoms with Crippen molar-refractivity contribution in [3.63, 3.8) is 0 Å². The summed E-state index contributed by atoms with van der Waals surface area (Å²) in [5.74, 6) is -0.933. The van der Waals surface area contributed by atoms with Gasteiger partial charge in [-0.05, 0) is 35.9 Å². The minimum Gasteiger partial charge on any atom is -0.452 e. The number of benzene rings is 2. The zero-order chi connectivity index (χ0) is 17.8. The average molecular weight is 379 g/mol. The minimum atomic E-state index is -0.625. The first-order chi connectivity index (χ1) is 12.0. The summed E-state index contributed by atoms with van der Waals surface area (Å²) in [6.45, 7) is 0.339. The zero-order valence-electron chi connectivity index (χ0n) is 12.9. The molecule has 0 aliphatic heterocycles. The van der Waals surface area contributed by atoms with E-state index in [-0.39, 0.29) is 11.4 Å². The Morgan fingerprint density at radius 3 is 2.44 bits per heavy atom. The van der Waals surface area contributed by atoms with Crippen LogP contribution >= 0.6 is 23.2 Å². The third kappa shape index (κ3) is 4.59. The van der Waals surface area contributed by atoms with Gasteiger partial charge in [0.15, 0.2) is 0 Å². The molecule has 3 aromatic rings. The lowest BCUT2D eigenvalue weighted by atomic mass is 10.1. The molecule has 0 N–H and O–H groups in total. The Labute approximate surface area is 153 Å². The molecular weight excluding hydrogens is 366 g/mol. The van der Waals surface area contributed by atoms with Gasteiger partial charge in [-0.25, -0.2) is 14.2 Å². The predicted octanol–water partition coefficient (Wildman–Crippen LogP) is 4.93. The van der Waals surface area contributed by atoms with Crippen LogP contribution in [-0.2, 0) is 11.3 Å². The Hall–Kier alpha value is -2.37. The van der Waals surface area contributed by atoms with Crippen LogP contribution in [0.2, 0.25) is 10.0 Å². The molecule has 128 valence electrons. The standard InChI is InChI=1S/C18H13Cl2FN2O2/c19-14-7-13(8-15(20)9-14)18(24)25-17(10-23-6-5-22-11-23)12-1-3-16(21)4-2-12/h1-9,11,17H,10H2/t17-/m0/s1. The molecule has 0 aliphatic carbocycles. The lowest BCUT2D eigenvalue weighted by molar-refractivity contribution is 0.0255. The smallest absolute Gasteiger partial charge is 0.338 e. The van der Waals surface area contributed by atoms with Crippen LogP contribution in [0, 0.1) is 5.82 Å². The van der Waals surface area contributed by atoms with Crippen molar-refractivity contribution in [2.24, 2.45) is 0 Å². The molecule has 25 heavy (non-hydrogen) atoms. The molecule has 1 aromatic heterocycles. The van der Waals surface area contributed by atoms with Gasteiger partial charge in [0.2, 0.25) is 0 Å². The summed E-state index contributed by atoms with van der Waals surface area (Å²) in [6, 6.07) is 10.3. The van der Waals surface area contributed by atoms with Gasteiger partial charge in [-0.1, -0.05) is 35.3 Å². The number of carbonyl (C=O) groups excluding carboxylic acids is 1. The first-order valence-electron chi connectivity index (χ1n) is 7.39. The van der Waals surface area contributed by atoms with Crippen molar-refractivity contribution < 1.29 is 13.9 Å². The molecule has 0 saturated heterocycles. The van der Waals surface area contributed by atoms with Crippen LogP contribution in [0.5, 0.6) is 0 Å². The van der Waals surface area contributed by atoms with Gasteiger partial charge in [-0.3, -0.25) is 0 Å². The maximum atomic E-state index is 13.2. The van der Waals surface area contributed by atoms with E-state index in [1.54, 1.807) is 35.4 Å². The van der Waals surface area contributed by atoms with Gasteiger partial charge in [0.1, 0.15) is 11.9 Å². The first kappa shape index (κ1) is 17.5. The monoisotopic (exact) mass is 378 g/mol. The molecule has 1 heterocycles. The molecule has 7 heteroatoms. The van der Waals surface area contributed by atoms with E-state index in [4.69, 9.17) is 27.9 Å². The molecule has 0 fully saturated rings. The van der Waals surface area contributed by atoms with Gasteiger partial charge in [0.05, 0.1) is 18.4 Å². The van der Waals surface area contributed by atoms with Crippen molar-refractivity contribution in [1.82, 2.24) is 9.55 Å². The molecule has 0 radical (unpaired) electrons. The van der Waals surface area contributed by atoms with E-state index in [0.717, 1.165) is 0 Å². The number of esters is 1. The van der Waals surface area contributed by atoms with E-state index in [0.29, 0.717) is 22.2 Å². The number of ether oxygens (including phenoxy) is 1. The highest BCUT2D eigenvalue weighted by Crippen LogP contribution is 2.24. The fourth-order valence-corrected chi connectivity index (χ4v) is 2.87. The van der Waals surface area contributed by atoms with Crippen molar-refractivity contribution in [2.45, 2.75) is 12.6 Å². The molecule has 0 bridgehead atoms. The van der Waals surface area contributed by atoms with E-state index in [1.807, 2.05) is 0 Å². The Morgan fingerprint density at radius 2 is 1.84 bits per heavy atom. The maximum Gasteiger partial charge on any atom is 0.338 e. The van der Waals surface area contributed by atoms with Gasteiger partial charge in [0, 0.05) is 22.4 Å². The quantitative estimate of drug-likeness (QED) is 0.591. The highest BCUT2D eigenvalue weighted by atomic mass is 35.5. The molecule has 0 amide bonds. The summed E-state index contributed by atoms with van der Waals surface area (Å²) in [7, 11) is 0. The SMILES string of the molecule is O=C(O[C@@H](Cn1ccnc1)c1ccc(F)cc1)c1cc(Cl)cc(Cl)c1. The summed E-state index contributed by atoms with van der Waals surface area (Å²) >= 11 is 11.9. The number of nitrogens with zero attached hydrogens (tertiary/aromatic N) is 2. The summed E-state index contributed by atoms with van der Waals surface area (Å²) < 4.78 is 20.6. The third-order valence-electron chi connectivity index (χ3n) is 3.53. The van der Waals surface area contributed by atoms with E-state index in [2.05, 4.69) is 4.98 Å². The van der Waals surface area contributed by atoms with Crippen LogP contribution < -0.4 is 0 Å². The number of hydrogen-bond acceptors (Lipinski definition) is 3. The van der Waals surface area contributed by atoms with Gasteiger partial charge in [0.25, 0.3) is 0 Å². The predicted molar refractivity (Wildman–Crippen MR) is 93.2 cm³/mol. The lowest BCUT2D eigenvalue weighted by Crippen LogP contribution is -2.16. The van der Waals surface area contributed by atoms with Crippen molar-refractivity contribution in [3.05, 3.63) is 88.2 Å². The van der Waals surface area contributed by atoms with Crippen LogP contribution in [0.15, 0.2) is 61.2 Å². The minimum absolute atomic E-state index is 0.246. The molecule has 0 spiro atoms. The Kier molecular flexibility index (Phi) is 5.36. The zero-order valence-corrected chi connectivity index (χ0v) is 14.4. The Balaban J connectivity index is 1.85. The number of carbonyl (C=O) groups is 1. The van der Waals surface area contributed by atoms with Crippen LogP contribution in [-0.4, -0.2) is 15.5 Å². The van der Waals surface area contributed by atoms with E-state index in [9.17, 15) is 9.18 Å². The third-order valence-corrected chi connectivity index (χ3v) is 3.96. The molecule has 2 aromatic carbocycles. The first-order valence-corrected chi connectivity index (χ1v) is 8.15. The Morgan fingerprint density at radius 1 is 1.16 bits per heavy atom. The highest BCUT2D eigenvalue weighted by Gasteiger charge is 2.19. The fourth-order valence-electron chi connectivity index (χ4n) is 2.34. The number of imidazole rings is 1. The largest absolute Gasteiger partial charge is 0.452 e. The summed E-state index contributed by atoms with van der Waals surface area (Å²) in [6.07, 6.45) is 4.36. The molecule has 0 saturated carbocycles.